The Morgan fingerprint density at radius 2 is 1.76 bits per heavy atom. The third-order valence-electron chi connectivity index (χ3n) is 5.01. The van der Waals surface area contributed by atoms with E-state index in [1.165, 1.54) is 12.0 Å². The molecule has 34 heavy (non-hydrogen) atoms. The number of rotatable bonds is 7. The summed E-state index contributed by atoms with van der Waals surface area (Å²) in [5.41, 5.74) is 2.37. The Labute approximate surface area is 219 Å². The van der Waals surface area contributed by atoms with Gasteiger partial charge in [-0.15, -0.1) is 0 Å². The van der Waals surface area contributed by atoms with Crippen molar-refractivity contribution in [1.82, 2.24) is 4.90 Å². The number of benzene rings is 3. The molecule has 1 aliphatic heterocycles. The third kappa shape index (κ3) is 5.78. The highest BCUT2D eigenvalue weighted by Gasteiger charge is 2.35. The molecule has 2 amide bonds. The second-order valence-electron chi connectivity index (χ2n) is 7.33. The van der Waals surface area contributed by atoms with E-state index in [0.29, 0.717) is 32.0 Å². The Kier molecular flexibility index (Phi) is 7.88. The maximum Gasteiger partial charge on any atom is 0.293 e. The van der Waals surface area contributed by atoms with Crippen LogP contribution in [0.5, 0.6) is 11.5 Å². The first-order valence-corrected chi connectivity index (χ1v) is 12.4. The first kappa shape index (κ1) is 24.7. The summed E-state index contributed by atoms with van der Waals surface area (Å²) in [6, 6.07) is 18.0. The van der Waals surface area contributed by atoms with Crippen molar-refractivity contribution in [3.8, 4) is 11.5 Å². The highest BCUT2D eigenvalue weighted by Crippen LogP contribution is 2.36. The first-order valence-electron chi connectivity index (χ1n) is 10.1. The number of thioether (sulfide) groups is 1. The molecule has 5 nitrogen and oxygen atoms in total. The van der Waals surface area contributed by atoms with Gasteiger partial charge in [0.25, 0.3) is 11.1 Å². The summed E-state index contributed by atoms with van der Waals surface area (Å²) in [6.07, 6.45) is 1.68. The molecule has 1 fully saturated rings. The van der Waals surface area contributed by atoms with Gasteiger partial charge in [-0.2, -0.15) is 0 Å². The van der Waals surface area contributed by atoms with Crippen molar-refractivity contribution in [2.75, 3.05) is 7.11 Å². The van der Waals surface area contributed by atoms with Crippen molar-refractivity contribution in [2.45, 2.75) is 13.2 Å². The zero-order valence-corrected chi connectivity index (χ0v) is 21.8. The molecule has 0 bridgehead atoms. The molecule has 9 heteroatoms. The maximum absolute atomic E-state index is 12.9. The molecule has 3 aromatic rings. The fourth-order valence-corrected chi connectivity index (χ4v) is 4.81. The molecule has 4 rings (SSSR count). The van der Waals surface area contributed by atoms with Gasteiger partial charge in [0.15, 0.2) is 11.5 Å². The minimum atomic E-state index is -0.324. The van der Waals surface area contributed by atoms with Crippen molar-refractivity contribution < 1.29 is 19.1 Å². The summed E-state index contributed by atoms with van der Waals surface area (Å²) in [5, 5.41) is 0.768. The van der Waals surface area contributed by atoms with Gasteiger partial charge in [-0.3, -0.25) is 14.5 Å². The van der Waals surface area contributed by atoms with Crippen LogP contribution in [0.1, 0.15) is 16.7 Å². The minimum Gasteiger partial charge on any atom is -0.493 e. The lowest BCUT2D eigenvalue weighted by Crippen LogP contribution is -2.27. The summed E-state index contributed by atoms with van der Waals surface area (Å²) in [4.78, 5) is 26.9. The lowest BCUT2D eigenvalue weighted by Gasteiger charge is -2.13. The molecule has 0 atom stereocenters. The van der Waals surface area contributed by atoms with Crippen LogP contribution >= 0.6 is 50.9 Å². The van der Waals surface area contributed by atoms with E-state index >= 15 is 0 Å². The number of imide groups is 1. The van der Waals surface area contributed by atoms with Crippen LogP contribution in [0.15, 0.2) is 70.0 Å². The topological polar surface area (TPSA) is 55.8 Å². The Morgan fingerprint density at radius 1 is 1.00 bits per heavy atom. The highest BCUT2D eigenvalue weighted by atomic mass is 79.9. The molecule has 1 saturated heterocycles. The monoisotopic (exact) mass is 577 g/mol. The largest absolute Gasteiger partial charge is 0.493 e. The van der Waals surface area contributed by atoms with E-state index in [9.17, 15) is 9.59 Å². The predicted molar refractivity (Wildman–Crippen MR) is 139 cm³/mol. The van der Waals surface area contributed by atoms with Crippen molar-refractivity contribution in [2.24, 2.45) is 0 Å². The van der Waals surface area contributed by atoms with Gasteiger partial charge in [-0.1, -0.05) is 63.4 Å². The Balaban J connectivity index is 1.48. The van der Waals surface area contributed by atoms with Crippen molar-refractivity contribution in [3.63, 3.8) is 0 Å². The van der Waals surface area contributed by atoms with Crippen LogP contribution in [-0.2, 0) is 17.9 Å². The van der Waals surface area contributed by atoms with E-state index in [1.54, 1.807) is 42.5 Å². The van der Waals surface area contributed by atoms with Crippen LogP contribution in [0, 0.1) is 0 Å². The molecular formula is C25H18BrCl2NO4S. The standard InChI is InChI=1S/C25H18BrCl2NO4S/c1-32-22-10-16(4-9-21(22)33-14-17-5-8-19(27)12-20(17)28)11-23-24(30)29(25(31)34-23)13-15-2-6-18(26)7-3-15/h2-12H,13-14H2,1H3/b23-11-. The lowest BCUT2D eigenvalue weighted by molar-refractivity contribution is -0.123. The van der Waals surface area contributed by atoms with Gasteiger partial charge >= 0.3 is 0 Å². The van der Waals surface area contributed by atoms with Gasteiger partial charge < -0.3 is 9.47 Å². The molecular weight excluding hydrogens is 561 g/mol. The molecule has 0 unspecified atom stereocenters. The van der Waals surface area contributed by atoms with E-state index in [4.69, 9.17) is 32.7 Å². The lowest BCUT2D eigenvalue weighted by atomic mass is 10.1. The number of nitrogens with zero attached hydrogens (tertiary/aromatic N) is 1. The number of hydrogen-bond donors (Lipinski definition) is 0. The summed E-state index contributed by atoms with van der Waals surface area (Å²) < 4.78 is 12.3. The zero-order valence-electron chi connectivity index (χ0n) is 17.9. The van der Waals surface area contributed by atoms with Crippen molar-refractivity contribution >= 4 is 68.1 Å². The van der Waals surface area contributed by atoms with E-state index in [1.807, 2.05) is 24.3 Å². The average molecular weight is 579 g/mol. The van der Waals surface area contributed by atoms with Crippen molar-refractivity contribution in [1.29, 1.82) is 0 Å². The molecule has 0 aromatic heterocycles. The molecule has 0 radical (unpaired) electrons. The van der Waals surface area contributed by atoms with E-state index in [-0.39, 0.29) is 24.3 Å². The van der Waals surface area contributed by atoms with Crippen LogP contribution in [0.2, 0.25) is 10.0 Å². The van der Waals surface area contributed by atoms with Crippen LogP contribution in [0.25, 0.3) is 6.08 Å². The smallest absolute Gasteiger partial charge is 0.293 e. The van der Waals surface area contributed by atoms with Gasteiger partial charge in [-0.05, 0) is 65.4 Å². The molecule has 0 saturated carbocycles. The van der Waals surface area contributed by atoms with Crippen LogP contribution in [0.4, 0.5) is 4.79 Å². The Morgan fingerprint density at radius 3 is 2.47 bits per heavy atom. The number of amides is 2. The molecule has 1 heterocycles. The number of hydrogen-bond acceptors (Lipinski definition) is 5. The van der Waals surface area contributed by atoms with Crippen LogP contribution in [0.3, 0.4) is 0 Å². The SMILES string of the molecule is COc1cc(/C=C2\SC(=O)N(Cc3ccc(Br)cc3)C2=O)ccc1OCc1ccc(Cl)cc1Cl. The normalized spacial score (nSPS) is 14.7. The summed E-state index contributed by atoms with van der Waals surface area (Å²) in [5.74, 6) is 0.691. The second-order valence-corrected chi connectivity index (χ2v) is 10.1. The van der Waals surface area contributed by atoms with Gasteiger partial charge in [-0.25, -0.2) is 0 Å². The summed E-state index contributed by atoms with van der Waals surface area (Å²) in [7, 11) is 1.54. The van der Waals surface area contributed by atoms with E-state index in [2.05, 4.69) is 15.9 Å². The molecule has 3 aromatic carbocycles. The number of carbonyl (C=O) groups is 2. The molecule has 174 valence electrons. The van der Waals surface area contributed by atoms with Gasteiger partial charge in [0.2, 0.25) is 0 Å². The van der Waals surface area contributed by atoms with E-state index in [0.717, 1.165) is 27.4 Å². The molecule has 0 N–H and O–H groups in total. The quantitative estimate of drug-likeness (QED) is 0.270. The molecule has 0 aliphatic carbocycles. The third-order valence-corrected chi connectivity index (χ3v) is 7.03. The summed E-state index contributed by atoms with van der Waals surface area (Å²) in [6.45, 7) is 0.458. The van der Waals surface area contributed by atoms with Crippen LogP contribution < -0.4 is 9.47 Å². The van der Waals surface area contributed by atoms with Crippen LogP contribution in [-0.4, -0.2) is 23.2 Å². The Bertz CT molecular complexity index is 1280. The summed E-state index contributed by atoms with van der Waals surface area (Å²) >= 11 is 16.5. The average Bonchev–Trinajstić information content (AvgIpc) is 3.07. The predicted octanol–water partition coefficient (Wildman–Crippen LogP) is 7.58. The van der Waals surface area contributed by atoms with Crippen molar-refractivity contribution in [3.05, 3.63) is 96.8 Å². The minimum absolute atomic E-state index is 0.221. The number of carbonyl (C=O) groups excluding carboxylic acids is 2. The fourth-order valence-electron chi connectivity index (χ4n) is 3.25. The maximum atomic E-state index is 12.9. The Hall–Kier alpha value is -2.45. The zero-order chi connectivity index (χ0) is 24.2. The van der Waals surface area contributed by atoms with Gasteiger partial charge in [0.05, 0.1) is 18.6 Å². The number of methoxy groups -OCH3 is 1. The second kappa shape index (κ2) is 10.9. The number of halogens is 3. The van der Waals surface area contributed by atoms with Gasteiger partial charge in [0, 0.05) is 20.1 Å². The van der Waals surface area contributed by atoms with Gasteiger partial charge in [0.1, 0.15) is 6.61 Å². The van der Waals surface area contributed by atoms with E-state index < -0.39 is 0 Å². The molecule has 1 aliphatic rings. The number of ether oxygens (including phenoxy) is 2. The fraction of sp³-hybridized carbons (Fsp3) is 0.120. The first-order chi connectivity index (χ1) is 16.3. The molecule has 0 spiro atoms. The highest BCUT2D eigenvalue weighted by molar-refractivity contribution is 9.10.